The summed E-state index contributed by atoms with van der Waals surface area (Å²) >= 11 is 1.28. The van der Waals surface area contributed by atoms with E-state index >= 15 is 0 Å². The molecule has 7 nitrogen and oxygen atoms in total. The molecule has 0 spiro atoms. The van der Waals surface area contributed by atoms with Gasteiger partial charge in [0.2, 0.25) is 5.17 Å². The van der Waals surface area contributed by atoms with Crippen molar-refractivity contribution >= 4 is 39.8 Å². The molecule has 0 aliphatic carbocycles. The molecule has 2 heterocycles. The van der Waals surface area contributed by atoms with E-state index in [2.05, 4.69) is 10.1 Å². The van der Waals surface area contributed by atoms with Crippen molar-refractivity contribution in [3.8, 4) is 11.5 Å². The largest absolute Gasteiger partial charge is 0.493 e. The number of nitrogens with one attached hydrogen (secondary N) is 1. The van der Waals surface area contributed by atoms with Crippen molar-refractivity contribution in [2.45, 2.75) is 6.61 Å². The minimum atomic E-state index is -0.475. The SMILES string of the molecule is COc1cc(C=C2C(=N)N3N=C(c4ccccc4)SC3=NC2=O)ccc1OCc1ccccc1. The van der Waals surface area contributed by atoms with Gasteiger partial charge in [-0.15, -0.1) is 0 Å². The lowest BCUT2D eigenvalue weighted by Gasteiger charge is -2.20. The molecule has 3 aromatic rings. The zero-order chi connectivity index (χ0) is 23.5. The molecule has 0 unspecified atom stereocenters. The molecular weight excluding hydrogens is 448 g/mol. The van der Waals surface area contributed by atoms with Crippen molar-refractivity contribution in [2.24, 2.45) is 10.1 Å². The van der Waals surface area contributed by atoms with Gasteiger partial charge < -0.3 is 9.47 Å². The van der Waals surface area contributed by atoms with Gasteiger partial charge >= 0.3 is 0 Å². The summed E-state index contributed by atoms with van der Waals surface area (Å²) in [5.41, 5.74) is 2.80. The van der Waals surface area contributed by atoms with Crippen LogP contribution in [0.4, 0.5) is 0 Å². The van der Waals surface area contributed by atoms with Gasteiger partial charge in [0.1, 0.15) is 11.7 Å². The fourth-order valence-electron chi connectivity index (χ4n) is 3.48. The van der Waals surface area contributed by atoms with Crippen molar-refractivity contribution < 1.29 is 14.3 Å². The average molecular weight is 469 g/mol. The van der Waals surface area contributed by atoms with Gasteiger partial charge in [-0.1, -0.05) is 66.7 Å². The number of nitrogens with zero attached hydrogens (tertiary/aromatic N) is 3. The van der Waals surface area contributed by atoms with Gasteiger partial charge in [-0.2, -0.15) is 15.1 Å². The molecule has 0 aromatic heterocycles. The molecule has 1 amide bonds. The van der Waals surface area contributed by atoms with Gasteiger partial charge in [-0.3, -0.25) is 10.2 Å². The van der Waals surface area contributed by atoms with Crippen molar-refractivity contribution in [1.82, 2.24) is 5.01 Å². The second-order valence-electron chi connectivity index (χ2n) is 7.48. The molecule has 168 valence electrons. The Morgan fingerprint density at radius 2 is 1.74 bits per heavy atom. The van der Waals surface area contributed by atoms with Gasteiger partial charge in [0, 0.05) is 5.56 Å². The standard InChI is InChI=1S/C26H20N4O3S/c1-32-22-15-18(12-13-21(22)33-16-17-8-4-2-5-9-17)14-20-23(27)30-26(28-24(20)31)34-25(29-30)19-10-6-3-7-11-19/h2-15,27H,16H2,1H3. The van der Waals surface area contributed by atoms with E-state index in [-0.39, 0.29) is 11.4 Å². The lowest BCUT2D eigenvalue weighted by atomic mass is 10.1. The first kappa shape index (κ1) is 21.7. The molecule has 2 aliphatic heterocycles. The minimum absolute atomic E-state index is 0.0168. The first-order valence-electron chi connectivity index (χ1n) is 10.5. The number of ether oxygens (including phenoxy) is 2. The molecule has 2 aliphatic rings. The maximum Gasteiger partial charge on any atom is 0.283 e. The average Bonchev–Trinajstić information content (AvgIpc) is 3.31. The van der Waals surface area contributed by atoms with Crippen LogP contribution >= 0.6 is 11.8 Å². The first-order valence-corrected chi connectivity index (χ1v) is 11.3. The maximum absolute atomic E-state index is 12.7. The lowest BCUT2D eigenvalue weighted by Crippen LogP contribution is -2.35. The van der Waals surface area contributed by atoms with Gasteiger partial charge in [0.25, 0.3) is 5.91 Å². The fraction of sp³-hybridized carbons (Fsp3) is 0.0769. The topological polar surface area (TPSA) is 87.3 Å². The molecule has 0 bridgehead atoms. The number of amides is 1. The maximum atomic E-state index is 12.7. The van der Waals surface area contributed by atoms with Crippen molar-refractivity contribution in [3.05, 3.63) is 101 Å². The fourth-order valence-corrected chi connectivity index (χ4v) is 4.38. The number of carbonyl (C=O) groups is 1. The highest BCUT2D eigenvalue weighted by Crippen LogP contribution is 2.33. The molecular formula is C26H20N4O3S. The molecule has 0 saturated carbocycles. The second kappa shape index (κ2) is 9.36. The van der Waals surface area contributed by atoms with E-state index < -0.39 is 5.91 Å². The number of aliphatic imine (C=N–C) groups is 1. The lowest BCUT2D eigenvalue weighted by molar-refractivity contribution is -0.114. The van der Waals surface area contributed by atoms with Crippen LogP contribution < -0.4 is 9.47 Å². The predicted molar refractivity (Wildman–Crippen MR) is 134 cm³/mol. The molecule has 8 heteroatoms. The van der Waals surface area contributed by atoms with E-state index in [1.807, 2.05) is 66.7 Å². The van der Waals surface area contributed by atoms with Crippen molar-refractivity contribution in [1.29, 1.82) is 5.41 Å². The molecule has 0 saturated heterocycles. The molecule has 0 atom stereocenters. The smallest absolute Gasteiger partial charge is 0.283 e. The number of hydrogen-bond acceptors (Lipinski definition) is 6. The normalized spacial score (nSPS) is 16.3. The zero-order valence-corrected chi connectivity index (χ0v) is 19.1. The number of carbonyl (C=O) groups excluding carboxylic acids is 1. The Balaban J connectivity index is 1.38. The second-order valence-corrected chi connectivity index (χ2v) is 8.43. The molecule has 5 rings (SSSR count). The van der Waals surface area contributed by atoms with Crippen LogP contribution in [0.3, 0.4) is 0 Å². The third-order valence-corrected chi connectivity index (χ3v) is 6.17. The number of fused-ring (bicyclic) bond motifs is 1. The molecule has 1 N–H and O–H groups in total. The Kier molecular flexibility index (Phi) is 5.97. The summed E-state index contributed by atoms with van der Waals surface area (Å²) in [5.74, 6) is 0.630. The molecule has 34 heavy (non-hydrogen) atoms. The summed E-state index contributed by atoms with van der Waals surface area (Å²) in [5, 5.41) is 15.6. The van der Waals surface area contributed by atoms with Crippen molar-refractivity contribution in [2.75, 3.05) is 7.11 Å². The third kappa shape index (κ3) is 4.35. The summed E-state index contributed by atoms with van der Waals surface area (Å²) in [6.07, 6.45) is 1.62. The summed E-state index contributed by atoms with van der Waals surface area (Å²) in [4.78, 5) is 16.9. The highest BCUT2D eigenvalue weighted by atomic mass is 32.2. The first-order chi connectivity index (χ1) is 16.6. The van der Waals surface area contributed by atoms with E-state index in [0.717, 1.165) is 11.1 Å². The van der Waals surface area contributed by atoms with E-state index in [1.165, 1.54) is 16.8 Å². The monoisotopic (exact) mass is 468 g/mol. The van der Waals surface area contributed by atoms with Crippen LogP contribution in [0.25, 0.3) is 6.08 Å². The third-order valence-electron chi connectivity index (χ3n) is 5.21. The summed E-state index contributed by atoms with van der Waals surface area (Å²) in [7, 11) is 1.56. The molecule has 0 radical (unpaired) electrons. The minimum Gasteiger partial charge on any atom is -0.493 e. The zero-order valence-electron chi connectivity index (χ0n) is 18.3. The van der Waals surface area contributed by atoms with Gasteiger partial charge in [0.05, 0.1) is 12.7 Å². The Morgan fingerprint density at radius 1 is 1.00 bits per heavy atom. The quantitative estimate of drug-likeness (QED) is 0.518. The van der Waals surface area contributed by atoms with Gasteiger partial charge in [-0.05, 0) is 41.1 Å². The van der Waals surface area contributed by atoms with Gasteiger partial charge in [0.15, 0.2) is 17.3 Å². The van der Waals surface area contributed by atoms with Crippen LogP contribution in [0.2, 0.25) is 0 Å². The highest BCUT2D eigenvalue weighted by molar-refractivity contribution is 8.27. The number of methoxy groups -OCH3 is 1. The number of amidine groups is 2. The van der Waals surface area contributed by atoms with E-state index in [1.54, 1.807) is 25.3 Å². The van der Waals surface area contributed by atoms with Crippen LogP contribution in [0.5, 0.6) is 11.5 Å². The number of benzene rings is 3. The van der Waals surface area contributed by atoms with Gasteiger partial charge in [-0.25, -0.2) is 0 Å². The van der Waals surface area contributed by atoms with Crippen molar-refractivity contribution in [3.63, 3.8) is 0 Å². The van der Waals surface area contributed by atoms with E-state index in [4.69, 9.17) is 14.9 Å². The number of rotatable bonds is 6. The Bertz CT molecular complexity index is 1350. The van der Waals surface area contributed by atoms with E-state index in [9.17, 15) is 4.79 Å². The van der Waals surface area contributed by atoms with E-state index in [0.29, 0.717) is 33.9 Å². The Labute approximate surface area is 200 Å². The van der Waals surface area contributed by atoms with Crippen LogP contribution in [0.15, 0.2) is 94.5 Å². The predicted octanol–water partition coefficient (Wildman–Crippen LogP) is 4.94. The number of hydrazone groups is 1. The number of hydrogen-bond donors (Lipinski definition) is 1. The van der Waals surface area contributed by atoms with Crippen LogP contribution in [-0.2, 0) is 11.4 Å². The van der Waals surface area contributed by atoms with Crippen LogP contribution in [0.1, 0.15) is 16.7 Å². The summed E-state index contributed by atoms with van der Waals surface area (Å²) < 4.78 is 11.4. The number of thioether (sulfide) groups is 1. The summed E-state index contributed by atoms with van der Waals surface area (Å²) in [6, 6.07) is 24.8. The summed E-state index contributed by atoms with van der Waals surface area (Å²) in [6.45, 7) is 0.409. The van der Waals surface area contributed by atoms with Crippen LogP contribution in [-0.4, -0.2) is 34.1 Å². The van der Waals surface area contributed by atoms with Crippen LogP contribution in [0, 0.1) is 5.41 Å². The highest BCUT2D eigenvalue weighted by Gasteiger charge is 2.36. The molecule has 0 fully saturated rings. The Morgan fingerprint density at radius 3 is 2.47 bits per heavy atom. The molecule has 3 aromatic carbocycles. The Hall–Kier alpha value is -4.17.